The lowest BCUT2D eigenvalue weighted by molar-refractivity contribution is 0.351. The van der Waals surface area contributed by atoms with Gasteiger partial charge in [0.15, 0.2) is 0 Å². The van der Waals surface area contributed by atoms with Crippen LogP contribution in [0.2, 0.25) is 0 Å². The van der Waals surface area contributed by atoms with E-state index in [2.05, 4.69) is 37.7 Å². The molecule has 0 radical (unpaired) electrons. The minimum Gasteiger partial charge on any atom is -0.480 e. The molecule has 0 amide bonds. The van der Waals surface area contributed by atoms with Crippen LogP contribution in [0, 0.1) is 11.8 Å². The zero-order valence-electron chi connectivity index (χ0n) is 7.87. The average Bonchev–Trinajstić information content (AvgIpc) is 2.26. The van der Waals surface area contributed by atoms with Crippen molar-refractivity contribution < 1.29 is 9.47 Å². The molecule has 0 aliphatic heterocycles. The highest BCUT2D eigenvalue weighted by atomic mass is 79.9. The van der Waals surface area contributed by atoms with Crippen LogP contribution in [-0.2, 0) is 0 Å². The monoisotopic (exact) mass is 256 g/mol. The number of alkyl halides is 1. The summed E-state index contributed by atoms with van der Waals surface area (Å²) in [5.41, 5.74) is 0.646. The Labute approximate surface area is 90.8 Å². The van der Waals surface area contributed by atoms with Crippen LogP contribution >= 0.6 is 15.9 Å². The molecule has 0 saturated carbocycles. The second-order valence-corrected chi connectivity index (χ2v) is 2.78. The first kappa shape index (κ1) is 10.8. The van der Waals surface area contributed by atoms with E-state index in [0.717, 1.165) is 0 Å². The lowest BCUT2D eigenvalue weighted by Gasteiger charge is -2.02. The van der Waals surface area contributed by atoms with E-state index in [1.54, 1.807) is 6.20 Å². The molecule has 74 valence electrons. The second-order valence-electron chi connectivity index (χ2n) is 2.22. The highest BCUT2D eigenvalue weighted by molar-refractivity contribution is 9.09. The van der Waals surface area contributed by atoms with Gasteiger partial charge in [-0.1, -0.05) is 27.8 Å². The van der Waals surface area contributed by atoms with Crippen LogP contribution in [0.5, 0.6) is 11.9 Å². The van der Waals surface area contributed by atoms with Crippen LogP contribution in [0.25, 0.3) is 0 Å². The van der Waals surface area contributed by atoms with Crippen molar-refractivity contribution in [2.24, 2.45) is 0 Å². The number of ether oxygens (including phenoxy) is 2. The maximum atomic E-state index is 5.04. The van der Waals surface area contributed by atoms with Gasteiger partial charge in [0.25, 0.3) is 0 Å². The average molecular weight is 257 g/mol. The van der Waals surface area contributed by atoms with Crippen molar-refractivity contribution in [3.05, 3.63) is 11.8 Å². The molecule has 0 atom stereocenters. The largest absolute Gasteiger partial charge is 0.480 e. The molecule has 1 rings (SSSR count). The Morgan fingerprint density at radius 3 is 2.79 bits per heavy atom. The Morgan fingerprint density at radius 2 is 2.21 bits per heavy atom. The summed E-state index contributed by atoms with van der Waals surface area (Å²) < 4.78 is 9.89. The number of aromatic nitrogens is 2. The Kier molecular flexibility index (Phi) is 4.20. The molecular weight excluding hydrogens is 248 g/mol. The number of hydrogen-bond donors (Lipinski definition) is 0. The molecule has 14 heavy (non-hydrogen) atoms. The minimum absolute atomic E-state index is 0.270. The zero-order valence-corrected chi connectivity index (χ0v) is 9.46. The quantitative estimate of drug-likeness (QED) is 0.590. The van der Waals surface area contributed by atoms with E-state index in [0.29, 0.717) is 16.8 Å². The van der Waals surface area contributed by atoms with E-state index in [1.807, 2.05) is 0 Å². The Hall–Kier alpha value is -1.28. The molecule has 0 spiro atoms. The van der Waals surface area contributed by atoms with E-state index in [1.165, 1.54) is 14.2 Å². The van der Waals surface area contributed by atoms with Gasteiger partial charge in [-0.3, -0.25) is 0 Å². The lowest BCUT2D eigenvalue weighted by Crippen LogP contribution is -1.97. The van der Waals surface area contributed by atoms with Crippen LogP contribution in [0.3, 0.4) is 0 Å². The van der Waals surface area contributed by atoms with Crippen LogP contribution in [0.4, 0.5) is 0 Å². The molecule has 1 heterocycles. The molecule has 0 N–H and O–H groups in total. The standard InChI is InChI=1S/C9H9BrN2O2/c1-13-8-7(4-3-5-10)6-11-9(12-8)14-2/h6H,5H2,1-2H3. The highest BCUT2D eigenvalue weighted by Gasteiger charge is 2.04. The van der Waals surface area contributed by atoms with E-state index >= 15 is 0 Å². The van der Waals surface area contributed by atoms with E-state index in [9.17, 15) is 0 Å². The van der Waals surface area contributed by atoms with Gasteiger partial charge in [0.1, 0.15) is 5.56 Å². The normalized spacial score (nSPS) is 8.79. The summed E-state index contributed by atoms with van der Waals surface area (Å²) in [7, 11) is 3.03. The number of nitrogens with zero attached hydrogens (tertiary/aromatic N) is 2. The molecule has 0 saturated heterocycles. The molecule has 5 heteroatoms. The minimum atomic E-state index is 0.270. The lowest BCUT2D eigenvalue weighted by atomic mass is 10.3. The summed E-state index contributed by atoms with van der Waals surface area (Å²) in [4.78, 5) is 7.92. The molecule has 0 aromatic carbocycles. The molecule has 4 nitrogen and oxygen atoms in total. The number of halogens is 1. The molecule has 0 aliphatic carbocycles. The van der Waals surface area contributed by atoms with Gasteiger partial charge in [-0.25, -0.2) is 4.98 Å². The first-order valence-corrected chi connectivity index (χ1v) is 4.93. The van der Waals surface area contributed by atoms with Crippen LogP contribution in [0.1, 0.15) is 5.56 Å². The fraction of sp³-hybridized carbons (Fsp3) is 0.333. The van der Waals surface area contributed by atoms with Gasteiger partial charge >= 0.3 is 6.01 Å². The summed E-state index contributed by atoms with van der Waals surface area (Å²) in [5.74, 6) is 6.13. The van der Waals surface area contributed by atoms with Crippen LogP contribution < -0.4 is 9.47 Å². The Bertz CT molecular complexity index is 371. The van der Waals surface area contributed by atoms with Crippen molar-refractivity contribution >= 4 is 15.9 Å². The van der Waals surface area contributed by atoms with Gasteiger partial charge in [0.05, 0.1) is 25.7 Å². The number of rotatable bonds is 2. The predicted octanol–water partition coefficient (Wildman–Crippen LogP) is 1.24. The smallest absolute Gasteiger partial charge is 0.319 e. The molecule has 1 aromatic rings. The second kappa shape index (κ2) is 5.45. The van der Waals surface area contributed by atoms with Gasteiger partial charge in [0, 0.05) is 0 Å². The van der Waals surface area contributed by atoms with Crippen molar-refractivity contribution in [3.8, 4) is 23.7 Å². The van der Waals surface area contributed by atoms with Crippen LogP contribution in [0.15, 0.2) is 6.20 Å². The van der Waals surface area contributed by atoms with Gasteiger partial charge in [-0.15, -0.1) is 0 Å². The molecular formula is C9H9BrN2O2. The summed E-state index contributed by atoms with van der Waals surface area (Å²) in [6.07, 6.45) is 1.57. The van der Waals surface area contributed by atoms with Crippen molar-refractivity contribution in [2.75, 3.05) is 19.5 Å². The molecule has 1 aromatic heterocycles. The van der Waals surface area contributed by atoms with Gasteiger partial charge in [-0.05, 0) is 0 Å². The van der Waals surface area contributed by atoms with Gasteiger partial charge in [0.2, 0.25) is 5.88 Å². The Morgan fingerprint density at radius 1 is 1.43 bits per heavy atom. The molecule has 0 aliphatic rings. The Balaban J connectivity index is 3.05. The first-order valence-electron chi connectivity index (χ1n) is 3.81. The van der Waals surface area contributed by atoms with E-state index in [4.69, 9.17) is 9.47 Å². The zero-order chi connectivity index (χ0) is 10.4. The van der Waals surface area contributed by atoms with E-state index in [-0.39, 0.29) is 6.01 Å². The topological polar surface area (TPSA) is 44.2 Å². The summed E-state index contributed by atoms with van der Waals surface area (Å²) in [5, 5.41) is 0.599. The number of hydrogen-bond acceptors (Lipinski definition) is 4. The van der Waals surface area contributed by atoms with Crippen molar-refractivity contribution in [3.63, 3.8) is 0 Å². The third-order valence-corrected chi connectivity index (χ3v) is 1.68. The highest BCUT2D eigenvalue weighted by Crippen LogP contribution is 2.15. The third-order valence-electron chi connectivity index (χ3n) is 1.40. The van der Waals surface area contributed by atoms with Crippen molar-refractivity contribution in [2.45, 2.75) is 0 Å². The van der Waals surface area contributed by atoms with Gasteiger partial charge < -0.3 is 9.47 Å². The van der Waals surface area contributed by atoms with Crippen molar-refractivity contribution in [1.82, 2.24) is 9.97 Å². The maximum Gasteiger partial charge on any atom is 0.319 e. The third kappa shape index (κ3) is 2.60. The summed E-state index contributed by atoms with van der Waals surface area (Å²) >= 11 is 3.20. The first-order chi connectivity index (χ1) is 6.81. The number of methoxy groups -OCH3 is 2. The molecule has 0 unspecified atom stereocenters. The SMILES string of the molecule is COc1ncc(C#CCBr)c(OC)n1. The summed E-state index contributed by atoms with van der Waals surface area (Å²) in [6.45, 7) is 0. The van der Waals surface area contributed by atoms with Crippen molar-refractivity contribution in [1.29, 1.82) is 0 Å². The maximum absolute atomic E-state index is 5.04. The fourth-order valence-corrected chi connectivity index (χ4v) is 0.959. The van der Waals surface area contributed by atoms with Gasteiger partial charge in [-0.2, -0.15) is 4.98 Å². The molecule has 0 fully saturated rings. The van der Waals surface area contributed by atoms with Crippen LogP contribution in [-0.4, -0.2) is 29.5 Å². The fourth-order valence-electron chi connectivity index (χ4n) is 0.819. The molecule has 0 bridgehead atoms. The summed E-state index contributed by atoms with van der Waals surface area (Å²) in [6, 6.07) is 0.270. The van der Waals surface area contributed by atoms with E-state index < -0.39 is 0 Å². The predicted molar refractivity (Wildman–Crippen MR) is 55.8 cm³/mol.